The number of allylic oxidation sites excluding steroid dienone is 12. The van der Waals surface area contributed by atoms with E-state index in [4.69, 9.17) is 24.5 Å². The number of hydrogen-bond donors (Lipinski definition) is 2. The number of nitrogens with one attached hydrogen (secondary N) is 1. The van der Waals surface area contributed by atoms with Crippen LogP contribution in [0.5, 0.6) is 0 Å². The first kappa shape index (κ1) is 49.3. The highest BCUT2D eigenvalue weighted by Gasteiger charge is 2.49. The smallest absolute Gasteiger partial charge is 0.321 e. The number of carbonyl (C=O) groups excluding carboxylic acids is 2. The van der Waals surface area contributed by atoms with Crippen LogP contribution in [0.25, 0.3) is 0 Å². The van der Waals surface area contributed by atoms with Gasteiger partial charge in [0.25, 0.3) is 0 Å². The molecule has 8 bridgehead atoms. The summed E-state index contributed by atoms with van der Waals surface area (Å²) in [6.45, 7) is 25.4. The molecule has 0 aromatic rings. The first-order valence-corrected chi connectivity index (χ1v) is 24.2. The van der Waals surface area contributed by atoms with Gasteiger partial charge >= 0.3 is 11.9 Å². The van der Waals surface area contributed by atoms with Crippen LogP contribution in [-0.2, 0) is 19.1 Å². The van der Waals surface area contributed by atoms with Gasteiger partial charge < -0.3 is 19.9 Å². The van der Waals surface area contributed by atoms with Gasteiger partial charge in [-0.3, -0.25) is 9.59 Å². The third kappa shape index (κ3) is 10.6. The number of fused-ring (bicyclic) bond motifs is 5. The molecule has 0 spiro atoms. The van der Waals surface area contributed by atoms with Gasteiger partial charge in [0.15, 0.2) is 5.83 Å². The Bertz CT molecular complexity index is 2350. The molecule has 6 aliphatic rings. The largest absolute Gasteiger partial charge is 0.510 e. The van der Waals surface area contributed by atoms with E-state index >= 15 is 4.39 Å². The highest BCUT2D eigenvalue weighted by Crippen LogP contribution is 2.50. The van der Waals surface area contributed by atoms with Gasteiger partial charge in [-0.25, -0.2) is 19.4 Å². The van der Waals surface area contributed by atoms with E-state index in [0.717, 1.165) is 41.5 Å². The number of ether oxygens (including phenoxy) is 2. The van der Waals surface area contributed by atoms with Gasteiger partial charge in [-0.15, -0.1) is 0 Å². The van der Waals surface area contributed by atoms with E-state index in [1.807, 2.05) is 45.9 Å². The Balaban J connectivity index is 1.22. The fraction of sp³-hybridized carbons (Fsp3) is 0.545. The van der Waals surface area contributed by atoms with Crippen LogP contribution in [-0.4, -0.2) is 47.9 Å². The second kappa shape index (κ2) is 21.5. The predicted molar refractivity (Wildman–Crippen MR) is 262 cm³/mol. The van der Waals surface area contributed by atoms with E-state index < -0.39 is 29.5 Å². The fourth-order valence-corrected chi connectivity index (χ4v) is 10.3. The molecule has 1 aliphatic carbocycles. The van der Waals surface area contributed by atoms with Crippen molar-refractivity contribution < 1.29 is 28.6 Å². The monoisotopic (exact) mass is 889 g/mol. The second-order valence-corrected chi connectivity index (χ2v) is 19.6. The number of aliphatic hydroxyl groups excluding tert-OH is 1. The maximum absolute atomic E-state index is 17.3. The molecule has 5 heterocycles. The molecular formula is C55H73FN4O5. The summed E-state index contributed by atoms with van der Waals surface area (Å²) in [7, 11) is 1.28. The van der Waals surface area contributed by atoms with Crippen LogP contribution in [0.4, 0.5) is 4.39 Å². The summed E-state index contributed by atoms with van der Waals surface area (Å²) in [5.41, 5.74) is 10.1. The third-order valence-corrected chi connectivity index (χ3v) is 14.4. The number of halogens is 1. The number of nitrogens with zero attached hydrogens (tertiary/aromatic N) is 3. The first-order chi connectivity index (χ1) is 31.0. The van der Waals surface area contributed by atoms with E-state index in [-0.39, 0.29) is 42.6 Å². The van der Waals surface area contributed by atoms with Gasteiger partial charge in [-0.05, 0) is 112 Å². The topological polar surface area (TPSA) is 122 Å². The summed E-state index contributed by atoms with van der Waals surface area (Å²) in [5.74, 6) is -1.65. The van der Waals surface area contributed by atoms with Crippen molar-refractivity contribution in [3.8, 4) is 0 Å². The molecule has 0 saturated carbocycles. The Kier molecular flexibility index (Phi) is 16.3. The van der Waals surface area contributed by atoms with Crippen molar-refractivity contribution >= 4 is 29.1 Å². The zero-order valence-electron chi connectivity index (χ0n) is 41.0. The Morgan fingerprint density at radius 2 is 1.57 bits per heavy atom. The van der Waals surface area contributed by atoms with Gasteiger partial charge in [0, 0.05) is 40.7 Å². The van der Waals surface area contributed by atoms with Crippen LogP contribution in [0.3, 0.4) is 0 Å². The molecule has 1 saturated heterocycles. The van der Waals surface area contributed by atoms with Crippen LogP contribution in [0.2, 0.25) is 0 Å². The molecule has 0 unspecified atom stereocenters. The zero-order chi connectivity index (χ0) is 47.3. The average molecular weight is 889 g/mol. The molecule has 5 atom stereocenters. The highest BCUT2D eigenvalue weighted by molar-refractivity contribution is 6.24. The lowest BCUT2D eigenvalue weighted by molar-refractivity contribution is -0.144. The molecule has 65 heavy (non-hydrogen) atoms. The second-order valence-electron chi connectivity index (χ2n) is 19.6. The van der Waals surface area contributed by atoms with Crippen molar-refractivity contribution in [3.63, 3.8) is 0 Å². The number of esters is 2. The Labute approximate surface area is 387 Å². The van der Waals surface area contributed by atoms with Crippen molar-refractivity contribution in [3.05, 3.63) is 116 Å². The molecule has 5 aliphatic heterocycles. The lowest BCUT2D eigenvalue weighted by Gasteiger charge is -2.20. The quantitative estimate of drug-likeness (QED) is 0.0927. The summed E-state index contributed by atoms with van der Waals surface area (Å²) in [6.07, 6.45) is 19.7. The summed E-state index contributed by atoms with van der Waals surface area (Å²) in [5, 5.41) is 15.3. The fourth-order valence-electron chi connectivity index (χ4n) is 10.3. The molecule has 6 rings (SSSR count). The van der Waals surface area contributed by atoms with Crippen molar-refractivity contribution in [2.75, 3.05) is 13.7 Å². The van der Waals surface area contributed by atoms with E-state index in [1.165, 1.54) is 57.6 Å². The number of aliphatic imine (C=N–C) groups is 3. The standard InChI is InChI=1S/C55H73FN4O5/c1-13-38-34(8)41-28-44-39(14-2)35(9)50(59-44)49(56)51-36(10)40(52(60-51)47-48(55(63)64-12)54(62)46-37(11)42(58-53(46)47)29-43(38)57-41)24-25-45(61)65-27-26-33(7)23-17-22-32(6)21-16-20-31(5)19-15-18-30(3)4/h14,26,28-32,36,40,48,60,62H,2,13,15-25,27H2,1,3-12H3/b33-26+,43-29?,44-28?,51-49?,52-47?/t31-,32-,36+,40+,48-/m1/s1. The maximum atomic E-state index is 17.3. The van der Waals surface area contributed by atoms with Crippen molar-refractivity contribution in [1.82, 2.24) is 5.32 Å². The minimum absolute atomic E-state index is 0.0539. The van der Waals surface area contributed by atoms with Crippen LogP contribution < -0.4 is 5.32 Å². The number of hydrogen-bond acceptors (Lipinski definition) is 9. The van der Waals surface area contributed by atoms with Crippen LogP contribution in [0.1, 0.15) is 146 Å². The van der Waals surface area contributed by atoms with Gasteiger partial charge in [0.1, 0.15) is 24.0 Å². The summed E-state index contributed by atoms with van der Waals surface area (Å²) >= 11 is 0. The molecule has 1 fully saturated rings. The van der Waals surface area contributed by atoms with Gasteiger partial charge in [-0.1, -0.05) is 105 Å². The highest BCUT2D eigenvalue weighted by atomic mass is 19.1. The Morgan fingerprint density at radius 1 is 0.892 bits per heavy atom. The molecule has 2 N–H and O–H groups in total. The number of methoxy groups -OCH3 is 1. The normalized spacial score (nSPS) is 22.8. The number of rotatable bonds is 20. The van der Waals surface area contributed by atoms with E-state index in [2.05, 4.69) is 53.4 Å². The molecule has 0 aromatic heterocycles. The van der Waals surface area contributed by atoms with Crippen LogP contribution in [0, 0.1) is 35.5 Å². The number of aliphatic hydroxyl groups is 1. The lowest BCUT2D eigenvalue weighted by Crippen LogP contribution is -2.25. The molecular weight excluding hydrogens is 816 g/mol. The minimum Gasteiger partial charge on any atom is -0.510 e. The maximum Gasteiger partial charge on any atom is 0.321 e. The van der Waals surface area contributed by atoms with Gasteiger partial charge in [-0.2, -0.15) is 0 Å². The van der Waals surface area contributed by atoms with Crippen molar-refractivity contribution in [2.45, 2.75) is 146 Å². The zero-order valence-corrected chi connectivity index (χ0v) is 41.0. The number of carbonyl (C=O) groups is 2. The molecule has 350 valence electrons. The molecule has 0 amide bonds. The summed E-state index contributed by atoms with van der Waals surface area (Å²) in [4.78, 5) is 42.0. The SMILES string of the molecule is C=CC1=C(C)C2=NC1=CC1=NC(=CC3=C(C)C4=C(O)[C@H](C(=O)OC)C(=C5NC(=C2F)[C@@H](C)[C@@H]5CCC(=O)OC/C=C(\C)CCC[C@H](C)CCC[C@H](C)CCCC(C)C)C4=N3)C(CC)=C1C. The van der Waals surface area contributed by atoms with E-state index in [1.54, 1.807) is 6.08 Å². The molecule has 0 aromatic carbocycles. The summed E-state index contributed by atoms with van der Waals surface area (Å²) < 4.78 is 28.3. The summed E-state index contributed by atoms with van der Waals surface area (Å²) in [6, 6.07) is 0. The Morgan fingerprint density at radius 3 is 2.22 bits per heavy atom. The van der Waals surface area contributed by atoms with Crippen molar-refractivity contribution in [1.29, 1.82) is 0 Å². The van der Waals surface area contributed by atoms with Crippen LogP contribution >= 0.6 is 0 Å². The Hall–Kier alpha value is -5.12. The minimum atomic E-state index is -1.20. The molecule has 0 radical (unpaired) electrons. The molecule has 10 heteroatoms. The lowest BCUT2D eigenvalue weighted by atomic mass is 9.84. The predicted octanol–water partition coefficient (Wildman–Crippen LogP) is 13.2. The van der Waals surface area contributed by atoms with E-state index in [9.17, 15) is 14.7 Å². The molecule has 9 nitrogen and oxygen atoms in total. The van der Waals surface area contributed by atoms with Gasteiger partial charge in [0.05, 0.1) is 41.3 Å². The van der Waals surface area contributed by atoms with Crippen molar-refractivity contribution in [2.24, 2.45) is 50.5 Å². The van der Waals surface area contributed by atoms with Crippen LogP contribution in [0.15, 0.2) is 131 Å². The van der Waals surface area contributed by atoms with E-state index in [0.29, 0.717) is 68.7 Å². The first-order valence-electron chi connectivity index (χ1n) is 24.2. The average Bonchev–Trinajstić information content (AvgIpc) is 4.02. The third-order valence-electron chi connectivity index (χ3n) is 14.4. The van der Waals surface area contributed by atoms with Gasteiger partial charge in [0.2, 0.25) is 0 Å².